The first-order valence-electron chi connectivity index (χ1n) is 7.92. The highest BCUT2D eigenvalue weighted by atomic mass is 35.5. The second-order valence-electron chi connectivity index (χ2n) is 7.25. The van der Waals surface area contributed by atoms with E-state index in [2.05, 4.69) is 20.8 Å². The van der Waals surface area contributed by atoms with Crippen LogP contribution < -0.4 is 0 Å². The molecule has 0 spiro atoms. The van der Waals surface area contributed by atoms with Gasteiger partial charge in [0.2, 0.25) is 0 Å². The van der Waals surface area contributed by atoms with Crippen LogP contribution in [0.5, 0.6) is 0 Å². The van der Waals surface area contributed by atoms with E-state index >= 15 is 0 Å². The molecule has 1 nitrogen and oxygen atoms in total. The van der Waals surface area contributed by atoms with Crippen molar-refractivity contribution >= 4 is 11.6 Å². The van der Waals surface area contributed by atoms with E-state index in [1.165, 1.54) is 18.6 Å². The van der Waals surface area contributed by atoms with Crippen molar-refractivity contribution in [3.63, 3.8) is 0 Å². The molecule has 21 heavy (non-hydrogen) atoms. The lowest BCUT2D eigenvalue weighted by atomic mass is 9.65. The lowest BCUT2D eigenvalue weighted by Gasteiger charge is -2.42. The third-order valence-corrected chi connectivity index (χ3v) is 5.82. The Morgan fingerprint density at radius 1 is 1.33 bits per heavy atom. The van der Waals surface area contributed by atoms with Crippen molar-refractivity contribution < 1.29 is 9.50 Å². The Hall–Kier alpha value is -0.600. The molecule has 0 saturated heterocycles. The van der Waals surface area contributed by atoms with Crippen LogP contribution in [0, 0.1) is 17.2 Å². The van der Waals surface area contributed by atoms with Crippen LogP contribution in [-0.2, 0) is 6.42 Å². The summed E-state index contributed by atoms with van der Waals surface area (Å²) in [7, 11) is 0. The Kier molecular flexibility index (Phi) is 4.99. The minimum Gasteiger partial charge on any atom is -0.390 e. The summed E-state index contributed by atoms with van der Waals surface area (Å²) < 4.78 is 13.1. The Labute approximate surface area is 132 Å². The van der Waals surface area contributed by atoms with E-state index in [4.69, 9.17) is 11.6 Å². The SMILES string of the molecule is CCC(C)(C)C1CCC(O)(Cc2ccc(F)cc2Cl)CC1. The van der Waals surface area contributed by atoms with Crippen molar-refractivity contribution in [3.8, 4) is 0 Å². The van der Waals surface area contributed by atoms with Crippen molar-refractivity contribution in [2.45, 2.75) is 64.9 Å². The molecule has 0 heterocycles. The summed E-state index contributed by atoms with van der Waals surface area (Å²) in [5.41, 5.74) is 0.491. The van der Waals surface area contributed by atoms with Crippen LogP contribution >= 0.6 is 11.6 Å². The largest absolute Gasteiger partial charge is 0.390 e. The first-order valence-corrected chi connectivity index (χ1v) is 8.30. The van der Waals surface area contributed by atoms with Crippen molar-refractivity contribution in [3.05, 3.63) is 34.6 Å². The second-order valence-corrected chi connectivity index (χ2v) is 7.66. The third-order valence-electron chi connectivity index (χ3n) is 5.47. The smallest absolute Gasteiger partial charge is 0.124 e. The molecule has 0 bridgehead atoms. The Morgan fingerprint density at radius 2 is 1.95 bits per heavy atom. The van der Waals surface area contributed by atoms with Crippen LogP contribution in [0.25, 0.3) is 0 Å². The van der Waals surface area contributed by atoms with E-state index < -0.39 is 5.60 Å². The van der Waals surface area contributed by atoms with E-state index in [1.54, 1.807) is 6.07 Å². The fraction of sp³-hybridized carbons (Fsp3) is 0.667. The van der Waals surface area contributed by atoms with Gasteiger partial charge in [0, 0.05) is 11.4 Å². The average Bonchev–Trinajstić information content (AvgIpc) is 2.42. The highest BCUT2D eigenvalue weighted by Gasteiger charge is 2.38. The van der Waals surface area contributed by atoms with Crippen LogP contribution in [0.3, 0.4) is 0 Å². The summed E-state index contributed by atoms with van der Waals surface area (Å²) in [6.45, 7) is 6.87. The summed E-state index contributed by atoms with van der Waals surface area (Å²) in [4.78, 5) is 0. The van der Waals surface area contributed by atoms with Gasteiger partial charge < -0.3 is 5.11 Å². The Balaban J connectivity index is 2.02. The lowest BCUT2D eigenvalue weighted by Crippen LogP contribution is -2.39. The molecule has 1 fully saturated rings. The molecule has 2 rings (SSSR count). The summed E-state index contributed by atoms with van der Waals surface area (Å²) in [6, 6.07) is 4.43. The van der Waals surface area contributed by atoms with Gasteiger partial charge in [-0.1, -0.05) is 44.9 Å². The van der Waals surface area contributed by atoms with Gasteiger partial charge in [-0.25, -0.2) is 4.39 Å². The van der Waals surface area contributed by atoms with Crippen molar-refractivity contribution in [1.82, 2.24) is 0 Å². The average molecular weight is 313 g/mol. The molecule has 1 aromatic rings. The molecule has 0 unspecified atom stereocenters. The van der Waals surface area contributed by atoms with Gasteiger partial charge in [0.1, 0.15) is 5.82 Å². The molecule has 0 amide bonds. The van der Waals surface area contributed by atoms with Crippen molar-refractivity contribution in [2.75, 3.05) is 0 Å². The minimum absolute atomic E-state index is 0.329. The van der Waals surface area contributed by atoms with E-state index in [0.29, 0.717) is 22.8 Å². The first kappa shape index (κ1) is 16.8. The van der Waals surface area contributed by atoms with E-state index in [0.717, 1.165) is 31.2 Å². The van der Waals surface area contributed by atoms with Gasteiger partial charge >= 0.3 is 0 Å². The monoisotopic (exact) mass is 312 g/mol. The molecule has 0 atom stereocenters. The molecule has 1 aromatic carbocycles. The van der Waals surface area contributed by atoms with Gasteiger partial charge in [-0.2, -0.15) is 0 Å². The van der Waals surface area contributed by atoms with Gasteiger partial charge in [-0.3, -0.25) is 0 Å². The van der Waals surface area contributed by atoms with Gasteiger partial charge in [0.15, 0.2) is 0 Å². The highest BCUT2D eigenvalue weighted by Crippen LogP contribution is 2.44. The molecule has 3 heteroatoms. The Bertz CT molecular complexity index is 490. The quantitative estimate of drug-likeness (QED) is 0.791. The minimum atomic E-state index is -0.693. The fourth-order valence-corrected chi connectivity index (χ4v) is 3.66. The molecule has 1 aliphatic carbocycles. The molecule has 0 radical (unpaired) electrons. The highest BCUT2D eigenvalue weighted by molar-refractivity contribution is 6.31. The standard InChI is InChI=1S/C18H26ClFO/c1-4-17(2,3)14-7-9-18(21,10-8-14)12-13-5-6-15(20)11-16(13)19/h5-6,11,14,21H,4,7-10,12H2,1-3H3. The van der Waals surface area contributed by atoms with Gasteiger partial charge in [0.05, 0.1) is 5.60 Å². The number of rotatable bonds is 4. The van der Waals surface area contributed by atoms with E-state index in [-0.39, 0.29) is 5.82 Å². The molecular weight excluding hydrogens is 287 g/mol. The summed E-state index contributed by atoms with van der Waals surface area (Å²) >= 11 is 6.08. The maximum absolute atomic E-state index is 13.1. The maximum atomic E-state index is 13.1. The van der Waals surface area contributed by atoms with Crippen molar-refractivity contribution in [2.24, 2.45) is 11.3 Å². The zero-order valence-corrected chi connectivity index (χ0v) is 14.0. The summed E-state index contributed by atoms with van der Waals surface area (Å²) in [5.74, 6) is 0.343. The zero-order chi connectivity index (χ0) is 15.7. The zero-order valence-electron chi connectivity index (χ0n) is 13.3. The van der Waals surface area contributed by atoms with Crippen LogP contribution in [-0.4, -0.2) is 10.7 Å². The normalized spacial score (nSPS) is 26.9. The molecule has 0 aromatic heterocycles. The van der Waals surface area contributed by atoms with Gasteiger partial charge in [0.25, 0.3) is 0 Å². The van der Waals surface area contributed by atoms with Crippen LogP contribution in [0.15, 0.2) is 18.2 Å². The number of benzene rings is 1. The molecule has 1 N–H and O–H groups in total. The number of hydrogen-bond donors (Lipinski definition) is 1. The summed E-state index contributed by atoms with van der Waals surface area (Å²) in [5, 5.41) is 11.2. The van der Waals surface area contributed by atoms with E-state index in [9.17, 15) is 9.50 Å². The summed E-state index contributed by atoms with van der Waals surface area (Å²) in [6.07, 6.45) is 5.39. The predicted octanol–water partition coefficient (Wildman–Crippen LogP) is 5.38. The van der Waals surface area contributed by atoms with Crippen LogP contribution in [0.2, 0.25) is 5.02 Å². The van der Waals surface area contributed by atoms with Crippen LogP contribution in [0.4, 0.5) is 4.39 Å². The molecule has 118 valence electrons. The topological polar surface area (TPSA) is 20.2 Å². The number of aliphatic hydroxyl groups is 1. The predicted molar refractivity (Wildman–Crippen MR) is 86.1 cm³/mol. The fourth-order valence-electron chi connectivity index (χ4n) is 3.42. The molecular formula is C18H26ClFO. The maximum Gasteiger partial charge on any atom is 0.124 e. The number of hydrogen-bond acceptors (Lipinski definition) is 1. The lowest BCUT2D eigenvalue weighted by molar-refractivity contribution is -0.0276. The van der Waals surface area contributed by atoms with Crippen molar-refractivity contribution in [1.29, 1.82) is 0 Å². The number of halogens is 2. The van der Waals surface area contributed by atoms with E-state index in [1.807, 2.05) is 0 Å². The van der Waals surface area contributed by atoms with Crippen LogP contribution in [0.1, 0.15) is 58.4 Å². The molecule has 1 saturated carbocycles. The molecule has 0 aliphatic heterocycles. The third kappa shape index (κ3) is 3.98. The second kappa shape index (κ2) is 6.26. The first-order chi connectivity index (χ1) is 9.76. The van der Waals surface area contributed by atoms with Gasteiger partial charge in [-0.05, 0) is 54.7 Å². The molecule has 1 aliphatic rings. The van der Waals surface area contributed by atoms with Gasteiger partial charge in [-0.15, -0.1) is 0 Å². The Morgan fingerprint density at radius 3 is 2.48 bits per heavy atom.